The second-order valence-electron chi connectivity index (χ2n) is 5.53. The van der Waals surface area contributed by atoms with Crippen LogP contribution in [0.25, 0.3) is 11.0 Å². The fraction of sp³-hybridized carbons (Fsp3) is 0.385. The van der Waals surface area contributed by atoms with Crippen LogP contribution in [0.1, 0.15) is 26.5 Å². The number of halogens is 1. The van der Waals surface area contributed by atoms with Gasteiger partial charge in [0.05, 0.1) is 0 Å². The lowest BCUT2D eigenvalue weighted by atomic mass is 10.2. The first kappa shape index (κ1) is 16.6. The molecule has 0 bridgehead atoms. The number of ether oxygens (including phenoxy) is 1. The van der Waals surface area contributed by atoms with Gasteiger partial charge in [-0.05, 0) is 32.9 Å². The number of aromatic nitrogens is 1. The van der Waals surface area contributed by atoms with E-state index < -0.39 is 26.0 Å². The Bertz CT molecular complexity index is 671. The number of nitrogens with one attached hydrogen (secondary N) is 2. The van der Waals surface area contributed by atoms with Crippen LogP contribution < -0.4 is 10.2 Å². The molecular weight excluding hydrogens is 312 g/mol. The van der Waals surface area contributed by atoms with E-state index >= 15 is 0 Å². The number of rotatable bonds is 4. The van der Waals surface area contributed by atoms with Gasteiger partial charge in [0.2, 0.25) is 8.45 Å². The Labute approximate surface area is 127 Å². The number of fused-ring (bicyclic) bond motifs is 1. The van der Waals surface area contributed by atoms with Crippen molar-refractivity contribution >= 4 is 25.5 Å². The lowest BCUT2D eigenvalue weighted by Gasteiger charge is -2.21. The second-order valence-corrected chi connectivity index (χ2v) is 6.69. The highest BCUT2D eigenvalue weighted by Gasteiger charge is 2.19. The first-order valence-corrected chi connectivity index (χ1v) is 7.80. The van der Waals surface area contributed by atoms with Gasteiger partial charge in [-0.1, -0.05) is 5.16 Å². The molecule has 22 heavy (non-hydrogen) atoms. The molecule has 0 aliphatic carbocycles. The van der Waals surface area contributed by atoms with E-state index in [2.05, 4.69) is 15.3 Å². The van der Waals surface area contributed by atoms with Crippen LogP contribution in [-0.4, -0.2) is 21.7 Å². The molecule has 0 saturated carbocycles. The van der Waals surface area contributed by atoms with Crippen LogP contribution in [0.4, 0.5) is 9.18 Å². The maximum Gasteiger partial charge on any atom is 0.413 e. The van der Waals surface area contributed by atoms with Crippen molar-refractivity contribution in [1.29, 1.82) is 0 Å². The summed E-state index contributed by atoms with van der Waals surface area (Å²) in [6, 6.07) is 4.06. The Kier molecular flexibility index (Phi) is 4.95. The van der Waals surface area contributed by atoms with Gasteiger partial charge in [0.15, 0.2) is 5.58 Å². The van der Waals surface area contributed by atoms with Crippen molar-refractivity contribution in [3.63, 3.8) is 0 Å². The largest absolute Gasteiger partial charge is 0.444 e. The zero-order chi connectivity index (χ0) is 16.3. The second kappa shape index (κ2) is 6.56. The normalized spacial score (nSPS) is 13.1. The summed E-state index contributed by atoms with van der Waals surface area (Å²) in [7, 11) is -1.97. The third-order valence-corrected chi connectivity index (χ3v) is 3.35. The van der Waals surface area contributed by atoms with Crippen molar-refractivity contribution in [3.05, 3.63) is 29.7 Å². The van der Waals surface area contributed by atoms with Gasteiger partial charge in [-0.15, -0.1) is 0 Å². The van der Waals surface area contributed by atoms with Gasteiger partial charge in [-0.25, -0.2) is 14.3 Å². The Morgan fingerprint density at radius 1 is 1.50 bits per heavy atom. The number of nitrogens with zero attached hydrogens (tertiary/aromatic N) is 1. The quantitative estimate of drug-likeness (QED) is 0.747. The maximum absolute atomic E-state index is 13.0. The standard InChI is InChI=1S/C13H17FN3O4P/c1-13(2,3)20-12(18)17-22(19)15-7-10-9-5-4-8(14)6-11(9)21-16-10/h4-6,15,19H,7H2,1-3H3,(H,17,18). The lowest BCUT2D eigenvalue weighted by molar-refractivity contribution is 0.0567. The first-order chi connectivity index (χ1) is 10.2. The average Bonchev–Trinajstić information content (AvgIpc) is 2.76. The lowest BCUT2D eigenvalue weighted by Crippen LogP contribution is -2.32. The molecule has 0 fully saturated rings. The van der Waals surface area contributed by atoms with Gasteiger partial charge in [-0.2, -0.15) is 0 Å². The Hall–Kier alpha value is -1.76. The Balaban J connectivity index is 1.90. The molecule has 7 nitrogen and oxygen atoms in total. The molecule has 1 unspecified atom stereocenters. The van der Waals surface area contributed by atoms with Crippen LogP contribution in [0.5, 0.6) is 0 Å². The monoisotopic (exact) mass is 329 g/mol. The predicted molar refractivity (Wildman–Crippen MR) is 79.3 cm³/mol. The minimum absolute atomic E-state index is 0.149. The molecule has 2 aromatic rings. The average molecular weight is 329 g/mol. The van der Waals surface area contributed by atoms with Crippen LogP contribution in [0.2, 0.25) is 0 Å². The van der Waals surface area contributed by atoms with E-state index in [9.17, 15) is 14.1 Å². The molecule has 1 aromatic heterocycles. The summed E-state index contributed by atoms with van der Waals surface area (Å²) >= 11 is 0. The van der Waals surface area contributed by atoms with E-state index in [0.717, 1.165) is 0 Å². The highest BCUT2D eigenvalue weighted by molar-refractivity contribution is 7.47. The predicted octanol–water partition coefficient (Wildman–Crippen LogP) is 2.80. The van der Waals surface area contributed by atoms with Crippen LogP contribution >= 0.6 is 8.45 Å². The van der Waals surface area contributed by atoms with Crippen molar-refractivity contribution in [2.45, 2.75) is 32.9 Å². The maximum atomic E-state index is 13.0. The molecule has 1 atom stereocenters. The van der Waals surface area contributed by atoms with Crippen LogP contribution in [-0.2, 0) is 11.3 Å². The van der Waals surface area contributed by atoms with E-state index in [-0.39, 0.29) is 6.54 Å². The molecule has 120 valence electrons. The summed E-state index contributed by atoms with van der Waals surface area (Å²) in [5, 5.41) is 9.42. The zero-order valence-corrected chi connectivity index (χ0v) is 13.3. The summed E-state index contributed by atoms with van der Waals surface area (Å²) in [5.74, 6) is -0.417. The molecule has 0 radical (unpaired) electrons. The molecule has 0 aliphatic rings. The molecule has 0 saturated heterocycles. The van der Waals surface area contributed by atoms with E-state index in [1.54, 1.807) is 26.8 Å². The minimum atomic E-state index is -1.97. The SMILES string of the molecule is CC(C)(C)OC(=O)NP(O)NCc1noc2cc(F)ccc12. The summed E-state index contributed by atoms with van der Waals surface area (Å²) in [4.78, 5) is 21.2. The number of carbonyl (C=O) groups excluding carboxylic acids is 1. The van der Waals surface area contributed by atoms with Crippen LogP contribution in [0.15, 0.2) is 22.7 Å². The van der Waals surface area contributed by atoms with Crippen molar-refractivity contribution in [3.8, 4) is 0 Å². The van der Waals surface area contributed by atoms with Crippen molar-refractivity contribution in [2.24, 2.45) is 0 Å². The van der Waals surface area contributed by atoms with Gasteiger partial charge < -0.3 is 14.2 Å². The third kappa shape index (κ3) is 4.62. The molecule has 1 amide bonds. The topological polar surface area (TPSA) is 96.6 Å². The number of hydrogen-bond donors (Lipinski definition) is 3. The van der Waals surface area contributed by atoms with Crippen LogP contribution in [0.3, 0.4) is 0 Å². The van der Waals surface area contributed by atoms with Gasteiger partial charge in [0.1, 0.15) is 17.1 Å². The Morgan fingerprint density at radius 2 is 2.23 bits per heavy atom. The van der Waals surface area contributed by atoms with Crippen LogP contribution in [0, 0.1) is 5.82 Å². The van der Waals surface area contributed by atoms with Gasteiger partial charge in [0.25, 0.3) is 0 Å². The van der Waals surface area contributed by atoms with Gasteiger partial charge in [-0.3, -0.25) is 5.09 Å². The number of carbonyl (C=O) groups is 1. The molecule has 2 rings (SSSR count). The summed E-state index contributed by atoms with van der Waals surface area (Å²) < 4.78 is 23.0. The summed E-state index contributed by atoms with van der Waals surface area (Å²) in [6.07, 6.45) is -0.722. The van der Waals surface area contributed by atoms with E-state index in [1.165, 1.54) is 12.1 Å². The summed E-state index contributed by atoms with van der Waals surface area (Å²) in [6.45, 7) is 5.32. The smallest absolute Gasteiger partial charge is 0.413 e. The molecule has 0 spiro atoms. The van der Waals surface area contributed by atoms with E-state index in [1.807, 2.05) is 0 Å². The van der Waals surface area contributed by atoms with Crippen molar-refractivity contribution < 1.29 is 23.3 Å². The summed E-state index contributed by atoms with van der Waals surface area (Å²) in [5.41, 5.74) is 0.175. The zero-order valence-electron chi connectivity index (χ0n) is 12.4. The molecule has 0 aliphatic heterocycles. The highest BCUT2D eigenvalue weighted by atomic mass is 31.2. The first-order valence-electron chi connectivity index (χ1n) is 6.50. The van der Waals surface area contributed by atoms with Crippen molar-refractivity contribution in [2.75, 3.05) is 0 Å². The van der Waals surface area contributed by atoms with Gasteiger partial charge in [0, 0.05) is 18.0 Å². The molecule has 1 heterocycles. The van der Waals surface area contributed by atoms with E-state index in [4.69, 9.17) is 9.26 Å². The highest BCUT2D eigenvalue weighted by Crippen LogP contribution is 2.23. The Morgan fingerprint density at radius 3 is 2.91 bits per heavy atom. The minimum Gasteiger partial charge on any atom is -0.444 e. The molecule has 1 aromatic carbocycles. The molecular formula is C13H17FN3O4P. The van der Waals surface area contributed by atoms with Gasteiger partial charge >= 0.3 is 6.09 Å². The third-order valence-electron chi connectivity index (χ3n) is 2.50. The fourth-order valence-corrected chi connectivity index (χ4v) is 2.26. The number of hydrogen-bond acceptors (Lipinski definition) is 6. The number of amides is 1. The number of benzene rings is 1. The fourth-order valence-electron chi connectivity index (χ4n) is 1.67. The van der Waals surface area contributed by atoms with E-state index in [0.29, 0.717) is 16.7 Å². The molecule has 3 N–H and O–H groups in total. The van der Waals surface area contributed by atoms with Crippen molar-refractivity contribution in [1.82, 2.24) is 15.3 Å². The molecule has 9 heteroatoms.